The van der Waals surface area contributed by atoms with E-state index in [9.17, 15) is 13.2 Å². The number of H-pyrrole nitrogens is 1. The first-order valence-electron chi connectivity index (χ1n) is 6.57. The minimum Gasteiger partial charge on any atom is -0.492 e. The summed E-state index contributed by atoms with van der Waals surface area (Å²) in [5.74, 6) is 0.0247. The molecule has 2 N–H and O–H groups in total. The fraction of sp³-hybridized carbons (Fsp3) is 0.308. The molecule has 1 amide bonds. The topological polar surface area (TPSA) is 114 Å². The van der Waals surface area contributed by atoms with Gasteiger partial charge in [-0.05, 0) is 18.1 Å². The molecule has 1 aliphatic rings. The number of fused-ring (bicyclic) bond motifs is 1. The summed E-state index contributed by atoms with van der Waals surface area (Å²) < 4.78 is 28.2. The van der Waals surface area contributed by atoms with Gasteiger partial charge in [-0.1, -0.05) is 18.2 Å². The maximum Gasteiger partial charge on any atom is 0.249 e. The highest BCUT2D eigenvalue weighted by atomic mass is 32.2. The molecule has 0 aliphatic carbocycles. The largest absolute Gasteiger partial charge is 0.492 e. The van der Waals surface area contributed by atoms with Crippen molar-refractivity contribution in [1.29, 1.82) is 0 Å². The predicted molar refractivity (Wildman–Crippen MR) is 77.3 cm³/mol. The van der Waals surface area contributed by atoms with Crippen LogP contribution in [0.2, 0.25) is 0 Å². The lowest BCUT2D eigenvalue weighted by Gasteiger charge is -2.23. The first kappa shape index (κ1) is 14.5. The number of aromatic amines is 1. The zero-order valence-corrected chi connectivity index (χ0v) is 12.6. The number of anilines is 1. The van der Waals surface area contributed by atoms with Gasteiger partial charge in [-0.25, -0.2) is 13.5 Å². The van der Waals surface area contributed by atoms with Gasteiger partial charge in [0, 0.05) is 6.26 Å². The highest BCUT2D eigenvalue weighted by Crippen LogP contribution is 2.27. The van der Waals surface area contributed by atoms with E-state index >= 15 is 0 Å². The van der Waals surface area contributed by atoms with E-state index in [0.717, 1.165) is 17.6 Å². The molecular weight excluding hydrogens is 308 g/mol. The van der Waals surface area contributed by atoms with Gasteiger partial charge in [0.1, 0.15) is 12.4 Å². The molecule has 0 fully saturated rings. The second kappa shape index (κ2) is 5.41. The van der Waals surface area contributed by atoms with Crippen molar-refractivity contribution in [3.8, 4) is 5.75 Å². The van der Waals surface area contributed by atoms with Gasteiger partial charge < -0.3 is 4.74 Å². The van der Waals surface area contributed by atoms with Crippen LogP contribution in [0, 0.1) is 5.92 Å². The molecule has 1 aromatic heterocycles. The molecule has 2 aromatic rings. The van der Waals surface area contributed by atoms with Crippen LogP contribution >= 0.6 is 0 Å². The van der Waals surface area contributed by atoms with Gasteiger partial charge in [0.15, 0.2) is 0 Å². The number of aromatic nitrogens is 3. The number of para-hydroxylation sites is 1. The van der Waals surface area contributed by atoms with Crippen LogP contribution < -0.4 is 10.1 Å². The Kier molecular flexibility index (Phi) is 3.57. The Morgan fingerprint density at radius 1 is 1.41 bits per heavy atom. The number of nitrogens with one attached hydrogen (secondary N) is 2. The number of amides is 1. The fourth-order valence-corrected chi connectivity index (χ4v) is 2.64. The fourth-order valence-electron chi connectivity index (χ4n) is 2.18. The molecule has 0 spiro atoms. The van der Waals surface area contributed by atoms with E-state index in [1.807, 2.05) is 24.3 Å². The molecule has 1 atom stereocenters. The lowest BCUT2D eigenvalue weighted by atomic mass is 9.96. The van der Waals surface area contributed by atoms with Crippen molar-refractivity contribution < 1.29 is 17.9 Å². The Morgan fingerprint density at radius 3 is 2.91 bits per heavy atom. The SMILES string of the molecule is CS(=O)(=O)c1nc(NC(=O)C2COc3ccccc3C2)n[nH]1. The summed E-state index contributed by atoms with van der Waals surface area (Å²) in [5.41, 5.74) is 0.959. The zero-order valence-electron chi connectivity index (χ0n) is 11.7. The summed E-state index contributed by atoms with van der Waals surface area (Å²) in [5, 5.41) is 8.16. The predicted octanol–water partition coefficient (Wildman–Crippen LogP) is 0.398. The second-order valence-electron chi connectivity index (χ2n) is 5.05. The molecule has 0 radical (unpaired) electrons. The van der Waals surface area contributed by atoms with E-state index < -0.39 is 9.84 Å². The Bertz CT molecular complexity index is 815. The molecule has 1 unspecified atom stereocenters. The van der Waals surface area contributed by atoms with Crippen molar-refractivity contribution in [3.63, 3.8) is 0 Å². The van der Waals surface area contributed by atoms with Crippen molar-refractivity contribution in [2.24, 2.45) is 5.92 Å². The number of carbonyl (C=O) groups excluding carboxylic acids is 1. The Balaban J connectivity index is 1.70. The van der Waals surface area contributed by atoms with Crippen LogP contribution in [0.3, 0.4) is 0 Å². The normalized spacial score (nSPS) is 17.4. The summed E-state index contributed by atoms with van der Waals surface area (Å²) in [6.45, 7) is 0.256. The molecule has 2 heterocycles. The van der Waals surface area contributed by atoms with E-state index in [0.29, 0.717) is 6.42 Å². The van der Waals surface area contributed by atoms with Crippen LogP contribution in [0.15, 0.2) is 29.4 Å². The minimum atomic E-state index is -3.49. The van der Waals surface area contributed by atoms with Crippen molar-refractivity contribution in [2.75, 3.05) is 18.2 Å². The molecule has 0 saturated carbocycles. The number of benzene rings is 1. The smallest absolute Gasteiger partial charge is 0.249 e. The summed E-state index contributed by atoms with van der Waals surface area (Å²) in [7, 11) is -3.49. The van der Waals surface area contributed by atoms with Crippen molar-refractivity contribution in [2.45, 2.75) is 11.6 Å². The molecule has 3 rings (SSSR count). The molecule has 1 aromatic carbocycles. The maximum absolute atomic E-state index is 12.2. The Hall–Kier alpha value is -2.42. The summed E-state index contributed by atoms with van der Waals surface area (Å²) >= 11 is 0. The molecule has 22 heavy (non-hydrogen) atoms. The molecule has 116 valence electrons. The first-order valence-corrected chi connectivity index (χ1v) is 8.46. The van der Waals surface area contributed by atoms with Gasteiger partial charge in [-0.2, -0.15) is 4.98 Å². The van der Waals surface area contributed by atoms with Crippen LogP contribution in [-0.2, 0) is 21.1 Å². The highest BCUT2D eigenvalue weighted by Gasteiger charge is 2.27. The number of nitrogens with zero attached hydrogens (tertiary/aromatic N) is 2. The van der Waals surface area contributed by atoms with Gasteiger partial charge >= 0.3 is 0 Å². The molecular formula is C13H14N4O4S. The summed E-state index contributed by atoms with van der Waals surface area (Å²) in [4.78, 5) is 15.9. The van der Waals surface area contributed by atoms with Crippen molar-refractivity contribution in [1.82, 2.24) is 15.2 Å². The van der Waals surface area contributed by atoms with Gasteiger partial charge in [-0.3, -0.25) is 10.1 Å². The van der Waals surface area contributed by atoms with E-state index in [1.54, 1.807) is 0 Å². The third kappa shape index (κ3) is 2.93. The number of hydrogen-bond acceptors (Lipinski definition) is 6. The number of carbonyl (C=O) groups is 1. The van der Waals surface area contributed by atoms with Crippen molar-refractivity contribution >= 4 is 21.7 Å². The quantitative estimate of drug-likeness (QED) is 0.845. The van der Waals surface area contributed by atoms with Gasteiger partial charge in [0.2, 0.25) is 26.8 Å². The van der Waals surface area contributed by atoms with Crippen LogP contribution in [0.5, 0.6) is 5.75 Å². The second-order valence-corrected chi connectivity index (χ2v) is 6.98. The lowest BCUT2D eigenvalue weighted by Crippen LogP contribution is -2.32. The van der Waals surface area contributed by atoms with Gasteiger partial charge in [-0.15, -0.1) is 5.10 Å². The molecule has 9 heteroatoms. The van der Waals surface area contributed by atoms with E-state index in [2.05, 4.69) is 20.5 Å². The zero-order chi connectivity index (χ0) is 15.7. The van der Waals surface area contributed by atoms with E-state index in [4.69, 9.17) is 4.74 Å². The van der Waals surface area contributed by atoms with Crippen LogP contribution in [-0.4, -0.2) is 42.4 Å². The maximum atomic E-state index is 12.2. The van der Waals surface area contributed by atoms with Crippen LogP contribution in [0.25, 0.3) is 0 Å². The van der Waals surface area contributed by atoms with Gasteiger partial charge in [0.25, 0.3) is 0 Å². The highest BCUT2D eigenvalue weighted by molar-refractivity contribution is 7.90. The Morgan fingerprint density at radius 2 is 2.18 bits per heavy atom. The standard InChI is InChI=1S/C13H14N4O4S/c1-22(19,20)13-15-12(16-17-13)14-11(18)9-6-8-4-2-3-5-10(8)21-7-9/h2-5,9H,6-7H2,1H3,(H2,14,15,16,17,18). The van der Waals surface area contributed by atoms with Crippen LogP contribution in [0.1, 0.15) is 5.56 Å². The number of rotatable bonds is 3. The molecule has 0 bridgehead atoms. The minimum absolute atomic E-state index is 0.0655. The van der Waals surface area contributed by atoms with E-state index in [-0.39, 0.29) is 29.5 Å². The monoisotopic (exact) mass is 322 g/mol. The molecule has 1 aliphatic heterocycles. The number of sulfone groups is 1. The van der Waals surface area contributed by atoms with Crippen molar-refractivity contribution in [3.05, 3.63) is 29.8 Å². The number of ether oxygens (including phenoxy) is 1. The third-order valence-electron chi connectivity index (χ3n) is 3.30. The first-order chi connectivity index (χ1) is 10.4. The lowest BCUT2D eigenvalue weighted by molar-refractivity contribution is -0.121. The van der Waals surface area contributed by atoms with E-state index in [1.165, 1.54) is 0 Å². The summed E-state index contributed by atoms with van der Waals surface area (Å²) in [6.07, 6.45) is 1.55. The summed E-state index contributed by atoms with van der Waals surface area (Å²) in [6, 6.07) is 7.52. The van der Waals surface area contributed by atoms with Crippen LogP contribution in [0.4, 0.5) is 5.95 Å². The van der Waals surface area contributed by atoms with Gasteiger partial charge in [0.05, 0.1) is 5.92 Å². The average molecular weight is 322 g/mol. The molecule has 0 saturated heterocycles. The average Bonchev–Trinajstić information content (AvgIpc) is 2.95. The Labute approximate surface area is 126 Å². The number of hydrogen-bond donors (Lipinski definition) is 2. The molecule has 8 nitrogen and oxygen atoms in total. The third-order valence-corrected chi connectivity index (χ3v) is 4.19.